The summed E-state index contributed by atoms with van der Waals surface area (Å²) in [5.41, 5.74) is 31.8. The smallest absolute Gasteiger partial charge is 0.350 e. The van der Waals surface area contributed by atoms with Crippen molar-refractivity contribution in [2.45, 2.75) is 26.9 Å². The van der Waals surface area contributed by atoms with E-state index in [1.165, 1.54) is 27.3 Å². The summed E-state index contributed by atoms with van der Waals surface area (Å²) >= 11 is 5.34. The molecule has 39 nitrogen and oxygen atoms in total. The number of anilines is 11. The molecule has 0 aliphatic rings. The number of nitrogens with two attached hydrogens (primary N) is 6. The van der Waals surface area contributed by atoms with Crippen LogP contribution in [0.15, 0.2) is 55.6 Å². The maximum atomic E-state index is 11.8. The Labute approximate surface area is 522 Å². The lowest BCUT2D eigenvalue weighted by molar-refractivity contribution is 0.108. The van der Waals surface area contributed by atoms with E-state index in [-0.39, 0.29) is 95.3 Å². The van der Waals surface area contributed by atoms with Gasteiger partial charge in [-0.05, 0) is 13.8 Å². The number of nitrogens with one attached hydrogen (secondary N) is 2. The van der Waals surface area contributed by atoms with Gasteiger partial charge >= 0.3 is 15.2 Å². The average molecular weight is 1340 g/mol. The van der Waals surface area contributed by atoms with Crippen LogP contribution in [-0.2, 0) is 41.2 Å². The van der Waals surface area contributed by atoms with E-state index in [9.17, 15) is 28.3 Å². The summed E-state index contributed by atoms with van der Waals surface area (Å²) in [6, 6.07) is 8.65. The van der Waals surface area contributed by atoms with Crippen LogP contribution in [0.2, 0.25) is 5.15 Å². The molecule has 0 amide bonds. The molecule has 0 aliphatic heterocycles. The molecule has 0 aliphatic carbocycles. The quantitative estimate of drug-likeness (QED) is 0.0178. The van der Waals surface area contributed by atoms with Gasteiger partial charge in [0.25, 0.3) is 22.2 Å². The van der Waals surface area contributed by atoms with E-state index >= 15 is 0 Å². The number of aromatic nitrogens is 12. The van der Waals surface area contributed by atoms with Gasteiger partial charge in [-0.2, -0.15) is 34.9 Å². The zero-order valence-electron chi connectivity index (χ0n) is 52.1. The Kier molecular flexibility index (Phi) is 35.5. The van der Waals surface area contributed by atoms with Crippen molar-refractivity contribution in [3.05, 3.63) is 83.0 Å². The van der Waals surface area contributed by atoms with Crippen molar-refractivity contribution in [1.29, 1.82) is 0 Å². The molecule has 6 rings (SSSR count). The maximum Gasteiger partial charge on any atom is 0.350 e. The molecule has 0 spiro atoms. The topological polar surface area (TPSA) is 556 Å². The highest BCUT2D eigenvalue weighted by Gasteiger charge is 2.15. The number of nitrogen functional groups attached to an aromatic ring is 6. The average Bonchev–Trinajstić information content (AvgIpc) is 1.71. The normalized spacial score (nSPS) is 10.6. The molecular formula is C48H84ClN23O16P2. The molecular weight excluding hydrogens is 1250 g/mol. The van der Waals surface area contributed by atoms with E-state index in [1.807, 2.05) is 46.9 Å². The van der Waals surface area contributed by atoms with Crippen LogP contribution in [-0.4, -0.2) is 215 Å². The maximum absolute atomic E-state index is 11.8. The first kappa shape index (κ1) is 79.5. The Hall–Kier alpha value is -8.49. The first-order chi connectivity index (χ1) is 41.9. The molecule has 42 heteroatoms. The van der Waals surface area contributed by atoms with E-state index in [2.05, 4.69) is 49.8 Å². The van der Waals surface area contributed by atoms with Gasteiger partial charge in [-0.3, -0.25) is 47.4 Å². The van der Waals surface area contributed by atoms with Crippen molar-refractivity contribution in [1.82, 2.24) is 59.0 Å². The molecule has 0 fully saturated rings. The lowest BCUT2D eigenvalue weighted by Gasteiger charge is -2.14. The van der Waals surface area contributed by atoms with E-state index < -0.39 is 27.9 Å². The van der Waals surface area contributed by atoms with Crippen molar-refractivity contribution in [2.75, 3.05) is 195 Å². The molecule has 18 N–H and O–H groups in total. The van der Waals surface area contributed by atoms with Gasteiger partial charge in [0.05, 0.1) is 39.5 Å². The number of rotatable bonds is 25. The fourth-order valence-corrected chi connectivity index (χ4v) is 6.84. The monoisotopic (exact) mass is 1340 g/mol. The molecule has 0 bridgehead atoms. The molecule has 6 aromatic rings. The number of nitrogens with zero attached hydrogens (tertiary/aromatic N) is 15. The lowest BCUT2D eigenvalue weighted by Crippen LogP contribution is -2.27. The van der Waals surface area contributed by atoms with E-state index in [1.54, 1.807) is 74.0 Å². The van der Waals surface area contributed by atoms with Crippen molar-refractivity contribution in [3.8, 4) is 11.8 Å². The van der Waals surface area contributed by atoms with Crippen LogP contribution in [0.3, 0.4) is 0 Å². The van der Waals surface area contributed by atoms with Gasteiger partial charge in [0.15, 0.2) is 0 Å². The zero-order valence-corrected chi connectivity index (χ0v) is 54.6. The van der Waals surface area contributed by atoms with Crippen LogP contribution in [0.5, 0.6) is 11.8 Å². The zero-order chi connectivity index (χ0) is 68.5. The van der Waals surface area contributed by atoms with E-state index in [4.69, 9.17) is 94.0 Å². The summed E-state index contributed by atoms with van der Waals surface area (Å²) in [5, 5.41) is 0.108. The fourth-order valence-electron chi connectivity index (χ4n) is 5.91. The Bertz CT molecular complexity index is 3440. The second kappa shape index (κ2) is 40.2. The molecule has 0 atom stereocenters. The third-order valence-electron chi connectivity index (χ3n) is 10.0. The molecule has 6 heterocycles. The Morgan fingerprint density at radius 2 is 0.789 bits per heavy atom. The molecule has 0 aromatic carbocycles. The summed E-state index contributed by atoms with van der Waals surface area (Å²) in [4.78, 5) is 124. The minimum Gasteiger partial charge on any atom is -0.475 e. The lowest BCUT2D eigenvalue weighted by atomic mass is 10.5. The van der Waals surface area contributed by atoms with Crippen LogP contribution >= 0.6 is 26.8 Å². The Morgan fingerprint density at radius 3 is 1.13 bits per heavy atom. The molecule has 0 saturated heterocycles. The number of ether oxygens (including phenoxy) is 6. The highest BCUT2D eigenvalue weighted by atomic mass is 35.5. The molecule has 0 saturated carbocycles. The summed E-state index contributed by atoms with van der Waals surface area (Å²) in [5.74, 6) is 4.33. The highest BCUT2D eigenvalue weighted by Crippen LogP contribution is 2.34. The third-order valence-corrected chi connectivity index (χ3v) is 11.3. The van der Waals surface area contributed by atoms with Gasteiger partial charge in [-0.15, -0.1) is 0 Å². The van der Waals surface area contributed by atoms with Crippen LogP contribution in [0.1, 0.15) is 13.8 Å². The van der Waals surface area contributed by atoms with Gasteiger partial charge in [-0.25, -0.2) is 4.98 Å². The largest absolute Gasteiger partial charge is 0.475 e. The molecule has 0 radical (unpaired) electrons. The SMILES string of the molecule is CCOCCOc1cc(N(C)C)nc(N)n1.CCOCCn1c(N)nc(N(C)C)cc1=O.CN(C)c1cc(=O)[nH]c(N)n1.CN(C)c1cc(=O)n(CCOCP(=O)(O)O)c(N)n1.CN(C)c1cc(OCCOCP(=O)(O)O)nc(N)n1.Nc1nc(Cl)cc(=O)[nH]1. The third kappa shape index (κ3) is 34.3. The molecule has 0 unspecified atom stereocenters. The molecule has 504 valence electrons. The summed E-state index contributed by atoms with van der Waals surface area (Å²) < 4.78 is 54.2. The van der Waals surface area contributed by atoms with Gasteiger partial charge in [-0.1, -0.05) is 11.6 Å². The van der Waals surface area contributed by atoms with Crippen molar-refractivity contribution in [3.63, 3.8) is 0 Å². The highest BCUT2D eigenvalue weighted by molar-refractivity contribution is 7.51. The standard InChI is InChI=1S/2C10H18N4O2.2C9H17N4O5P.C6H10N4O.C4H4ClN3O/c1-4-15-5-6-16-9-7-8(14(2)3)12-10(11)13-9;1-4-16-6-5-14-9(15)7-8(13(2)3)12-10(14)11;1-13(2)7-5-8(12-9(10)11-7)18-4-3-17-6-19(14,15)16;1-12(2)7-5-8(14)13(9(10)11-7)3-4-18-6-19(15,16)17;1-10(2)4-3-5(11)9-6(7)8-4;5-2-1-3(9)8-4(6)7-2/h7H,4-6H2,1-3H3,(H2,11,12,13);7H,4-6H2,1-3H3,(H2,11,12);5H,3-4,6H2,1-2H3,(H2,10,11,12)(H2,14,15,16);5H,3-4,6H2,1-2H3,(H2,10,11)(H2,15,16,17);3H,1-2H3,(H3,7,8,9,11);1H,(H3,6,7,8,9). The number of halogens is 1. The van der Waals surface area contributed by atoms with E-state index in [0.29, 0.717) is 68.7 Å². The first-order valence-corrected chi connectivity index (χ1v) is 30.4. The van der Waals surface area contributed by atoms with Gasteiger partial charge in [0.2, 0.25) is 47.5 Å². The number of hydrogen-bond acceptors (Lipinski definition) is 31. The summed E-state index contributed by atoms with van der Waals surface area (Å²) in [6.07, 6.45) is -1.32. The molecule has 90 heavy (non-hydrogen) atoms. The Morgan fingerprint density at radius 1 is 0.456 bits per heavy atom. The van der Waals surface area contributed by atoms with Gasteiger partial charge in [0.1, 0.15) is 60.2 Å². The number of aromatic amines is 2. The summed E-state index contributed by atoms with van der Waals surface area (Å²) in [7, 11) is 9.70. The van der Waals surface area contributed by atoms with E-state index in [0.717, 1.165) is 11.9 Å². The van der Waals surface area contributed by atoms with Crippen molar-refractivity contribution < 1.29 is 57.1 Å². The van der Waals surface area contributed by atoms with Crippen LogP contribution in [0, 0.1) is 0 Å². The second-order valence-electron chi connectivity index (χ2n) is 18.7. The minimum atomic E-state index is -4.19. The predicted molar refractivity (Wildman–Crippen MR) is 344 cm³/mol. The number of hydrogen-bond donors (Lipinski definition) is 12. The number of H-pyrrole nitrogens is 2. The Balaban J connectivity index is 0.000000548. The van der Waals surface area contributed by atoms with Crippen LogP contribution in [0.4, 0.5) is 64.8 Å². The van der Waals surface area contributed by atoms with Crippen molar-refractivity contribution in [2.24, 2.45) is 0 Å². The predicted octanol–water partition coefficient (Wildman–Crippen LogP) is -1.41. The van der Waals surface area contributed by atoms with Crippen LogP contribution in [0.25, 0.3) is 0 Å². The molecule has 6 aromatic heterocycles. The van der Waals surface area contributed by atoms with Crippen LogP contribution < -0.4 is 90.6 Å². The first-order valence-electron chi connectivity index (χ1n) is 26.4. The van der Waals surface area contributed by atoms with Crippen molar-refractivity contribution >= 4 is 91.6 Å². The summed E-state index contributed by atoms with van der Waals surface area (Å²) in [6.45, 7) is 7.19. The van der Waals surface area contributed by atoms with Gasteiger partial charge < -0.3 is 107 Å². The fraction of sp³-hybridized carbons (Fsp3) is 0.500. The minimum absolute atomic E-state index is 0.0241. The second-order valence-corrected chi connectivity index (χ2v) is 22.2. The van der Waals surface area contributed by atoms with Gasteiger partial charge in [0, 0.05) is 120 Å².